The van der Waals surface area contributed by atoms with E-state index in [1.165, 1.54) is 4.90 Å². The van der Waals surface area contributed by atoms with E-state index in [4.69, 9.17) is 5.73 Å². The summed E-state index contributed by atoms with van der Waals surface area (Å²) in [6, 6.07) is 6.92. The van der Waals surface area contributed by atoms with Crippen LogP contribution in [0, 0.1) is 5.92 Å². The van der Waals surface area contributed by atoms with Crippen molar-refractivity contribution >= 4 is 11.9 Å². The van der Waals surface area contributed by atoms with Gasteiger partial charge >= 0.3 is 5.97 Å². The third-order valence-electron chi connectivity index (χ3n) is 4.23. The Labute approximate surface area is 124 Å². The largest absolute Gasteiger partial charge is 0.480 e. The average Bonchev–Trinajstić information content (AvgIpc) is 2.50. The van der Waals surface area contributed by atoms with Gasteiger partial charge in [0.15, 0.2) is 0 Å². The van der Waals surface area contributed by atoms with Crippen molar-refractivity contribution in [2.75, 3.05) is 6.54 Å². The Kier molecular flexibility index (Phi) is 4.96. The van der Waals surface area contributed by atoms with Gasteiger partial charge in [-0.2, -0.15) is 0 Å². The number of nitrogens with zero attached hydrogens (tertiary/aromatic N) is 1. The van der Waals surface area contributed by atoms with E-state index in [9.17, 15) is 14.7 Å². The second kappa shape index (κ2) is 6.72. The van der Waals surface area contributed by atoms with Crippen molar-refractivity contribution in [3.63, 3.8) is 0 Å². The molecule has 1 aliphatic rings. The van der Waals surface area contributed by atoms with Crippen LogP contribution in [0.25, 0.3) is 0 Å². The molecule has 5 nitrogen and oxygen atoms in total. The SMILES string of the molecule is CCC(CN)CC(=O)N1Cc2ccccc2CC1C(=O)O. The van der Waals surface area contributed by atoms with Crippen LogP contribution in [0.3, 0.4) is 0 Å². The molecule has 0 spiro atoms. The molecule has 1 aromatic rings. The van der Waals surface area contributed by atoms with Crippen molar-refractivity contribution in [3.8, 4) is 0 Å². The maximum Gasteiger partial charge on any atom is 0.326 e. The van der Waals surface area contributed by atoms with E-state index in [1.54, 1.807) is 0 Å². The van der Waals surface area contributed by atoms with Crippen LogP contribution >= 0.6 is 0 Å². The number of benzene rings is 1. The van der Waals surface area contributed by atoms with Gasteiger partial charge in [-0.15, -0.1) is 0 Å². The molecule has 2 unspecified atom stereocenters. The van der Waals surface area contributed by atoms with E-state index in [0.717, 1.165) is 17.5 Å². The number of rotatable bonds is 5. The summed E-state index contributed by atoms with van der Waals surface area (Å²) in [4.78, 5) is 25.4. The third-order valence-corrected chi connectivity index (χ3v) is 4.23. The Morgan fingerprint density at radius 1 is 1.38 bits per heavy atom. The topological polar surface area (TPSA) is 83.6 Å². The van der Waals surface area contributed by atoms with Gasteiger partial charge in [-0.05, 0) is 23.6 Å². The number of carboxylic acids is 1. The second-order valence-corrected chi connectivity index (χ2v) is 5.56. The quantitative estimate of drug-likeness (QED) is 0.858. The zero-order valence-electron chi connectivity index (χ0n) is 12.3. The Morgan fingerprint density at radius 3 is 2.62 bits per heavy atom. The lowest BCUT2D eigenvalue weighted by Crippen LogP contribution is -2.49. The lowest BCUT2D eigenvalue weighted by atomic mass is 9.92. The molecule has 0 fully saturated rings. The first-order valence-corrected chi connectivity index (χ1v) is 7.35. The van der Waals surface area contributed by atoms with Crippen molar-refractivity contribution in [3.05, 3.63) is 35.4 Å². The fourth-order valence-electron chi connectivity index (χ4n) is 2.76. The lowest BCUT2D eigenvalue weighted by molar-refractivity contribution is -0.151. The Morgan fingerprint density at radius 2 is 2.05 bits per heavy atom. The normalized spacial score (nSPS) is 19.0. The van der Waals surface area contributed by atoms with E-state index >= 15 is 0 Å². The summed E-state index contributed by atoms with van der Waals surface area (Å²) in [6.07, 6.45) is 1.51. The highest BCUT2D eigenvalue weighted by Crippen LogP contribution is 2.25. The van der Waals surface area contributed by atoms with Crippen LogP contribution in [0.4, 0.5) is 0 Å². The first-order chi connectivity index (χ1) is 10.1. The molecule has 0 aliphatic carbocycles. The summed E-state index contributed by atoms with van der Waals surface area (Å²) in [5, 5.41) is 9.41. The van der Waals surface area contributed by atoms with Crippen LogP contribution in [0.1, 0.15) is 30.9 Å². The Bertz CT molecular complexity index is 526. The van der Waals surface area contributed by atoms with E-state index in [-0.39, 0.29) is 11.8 Å². The second-order valence-electron chi connectivity index (χ2n) is 5.56. The van der Waals surface area contributed by atoms with Gasteiger partial charge < -0.3 is 15.7 Å². The van der Waals surface area contributed by atoms with Gasteiger partial charge in [0.05, 0.1) is 0 Å². The van der Waals surface area contributed by atoms with E-state index in [2.05, 4.69) is 0 Å². The first kappa shape index (κ1) is 15.5. The molecule has 0 saturated carbocycles. The van der Waals surface area contributed by atoms with Gasteiger partial charge in [-0.25, -0.2) is 4.79 Å². The van der Waals surface area contributed by atoms with Crippen molar-refractivity contribution in [2.24, 2.45) is 11.7 Å². The molecule has 21 heavy (non-hydrogen) atoms. The highest BCUT2D eigenvalue weighted by molar-refractivity contribution is 5.84. The number of amides is 1. The van der Waals surface area contributed by atoms with Crippen molar-refractivity contribution in [1.29, 1.82) is 0 Å². The van der Waals surface area contributed by atoms with E-state index in [1.807, 2.05) is 31.2 Å². The number of fused-ring (bicyclic) bond motifs is 1. The number of hydrogen-bond acceptors (Lipinski definition) is 3. The Balaban J connectivity index is 2.20. The smallest absolute Gasteiger partial charge is 0.326 e. The van der Waals surface area contributed by atoms with Crippen LogP contribution in [0.5, 0.6) is 0 Å². The standard InChI is InChI=1S/C16H22N2O3/c1-2-11(9-17)7-15(19)18-10-13-6-4-3-5-12(13)8-14(18)16(20)21/h3-6,11,14H,2,7-10,17H2,1H3,(H,20,21). The molecule has 114 valence electrons. The predicted molar refractivity (Wildman–Crippen MR) is 79.6 cm³/mol. The Hall–Kier alpha value is -1.88. The summed E-state index contributed by atoms with van der Waals surface area (Å²) in [5.41, 5.74) is 7.69. The summed E-state index contributed by atoms with van der Waals surface area (Å²) in [5.74, 6) is -0.947. The molecule has 0 radical (unpaired) electrons. The minimum atomic E-state index is -0.946. The average molecular weight is 290 g/mol. The molecule has 0 aromatic heterocycles. The van der Waals surface area contributed by atoms with Gasteiger partial charge in [0.25, 0.3) is 0 Å². The van der Waals surface area contributed by atoms with Gasteiger partial charge in [0.2, 0.25) is 5.91 Å². The third kappa shape index (κ3) is 3.42. The molecular formula is C16H22N2O3. The summed E-state index contributed by atoms with van der Waals surface area (Å²) in [7, 11) is 0. The molecular weight excluding hydrogens is 268 g/mol. The molecule has 1 heterocycles. The lowest BCUT2D eigenvalue weighted by Gasteiger charge is -2.35. The van der Waals surface area contributed by atoms with E-state index < -0.39 is 12.0 Å². The van der Waals surface area contributed by atoms with Crippen LogP contribution in [0.2, 0.25) is 0 Å². The zero-order valence-corrected chi connectivity index (χ0v) is 12.3. The predicted octanol–water partition coefficient (Wildman–Crippen LogP) is 1.40. The number of aliphatic carboxylic acids is 1. The van der Waals surface area contributed by atoms with E-state index in [0.29, 0.717) is 25.9 Å². The minimum absolute atomic E-state index is 0.115. The van der Waals surface area contributed by atoms with Crippen molar-refractivity contribution in [2.45, 2.75) is 38.8 Å². The van der Waals surface area contributed by atoms with Crippen LogP contribution in [-0.4, -0.2) is 34.5 Å². The summed E-state index contributed by atoms with van der Waals surface area (Å²) < 4.78 is 0. The maximum atomic E-state index is 12.5. The maximum absolute atomic E-state index is 12.5. The van der Waals surface area contributed by atoms with Crippen LogP contribution in [0.15, 0.2) is 24.3 Å². The number of hydrogen-bond donors (Lipinski definition) is 2. The fourth-order valence-corrected chi connectivity index (χ4v) is 2.76. The molecule has 0 bridgehead atoms. The summed E-state index contributed by atoms with van der Waals surface area (Å²) >= 11 is 0. The monoisotopic (exact) mass is 290 g/mol. The zero-order chi connectivity index (χ0) is 15.4. The number of carbonyl (C=O) groups excluding carboxylic acids is 1. The molecule has 1 amide bonds. The van der Waals surface area contributed by atoms with Crippen LogP contribution < -0.4 is 5.73 Å². The van der Waals surface area contributed by atoms with Crippen molar-refractivity contribution < 1.29 is 14.7 Å². The van der Waals surface area contributed by atoms with Gasteiger partial charge in [-0.3, -0.25) is 4.79 Å². The number of nitrogens with two attached hydrogens (primary N) is 1. The molecule has 2 atom stereocenters. The molecule has 1 aromatic carbocycles. The molecule has 3 N–H and O–H groups in total. The highest BCUT2D eigenvalue weighted by atomic mass is 16.4. The first-order valence-electron chi connectivity index (χ1n) is 7.35. The molecule has 2 rings (SSSR count). The number of carboxylic acid groups (broad SMARTS) is 1. The molecule has 0 saturated heterocycles. The van der Waals surface area contributed by atoms with Gasteiger partial charge in [-0.1, -0.05) is 37.6 Å². The summed E-state index contributed by atoms with van der Waals surface area (Å²) in [6.45, 7) is 2.81. The van der Waals surface area contributed by atoms with Crippen LogP contribution in [-0.2, 0) is 22.6 Å². The molecule has 1 aliphatic heterocycles. The van der Waals surface area contributed by atoms with Gasteiger partial charge in [0.1, 0.15) is 6.04 Å². The fraction of sp³-hybridized carbons (Fsp3) is 0.500. The highest BCUT2D eigenvalue weighted by Gasteiger charge is 2.34. The molecule has 5 heteroatoms. The van der Waals surface area contributed by atoms with Crippen molar-refractivity contribution in [1.82, 2.24) is 4.90 Å². The van der Waals surface area contributed by atoms with Gasteiger partial charge in [0, 0.05) is 19.4 Å². The number of carbonyl (C=O) groups is 2. The minimum Gasteiger partial charge on any atom is -0.480 e.